The molecule has 0 bridgehead atoms. The average molecular weight is 219 g/mol. The minimum Gasteiger partial charge on any atom is -0.396 e. The highest BCUT2D eigenvalue weighted by molar-refractivity contribution is 5.61. The van der Waals surface area contributed by atoms with E-state index < -0.39 is 0 Å². The van der Waals surface area contributed by atoms with Crippen LogP contribution in [0.15, 0.2) is 22.7 Å². The molecule has 2 rings (SSSR count). The van der Waals surface area contributed by atoms with Gasteiger partial charge in [0.05, 0.1) is 12.2 Å². The van der Waals surface area contributed by atoms with Crippen LogP contribution in [-0.2, 0) is 6.54 Å². The van der Waals surface area contributed by atoms with Crippen LogP contribution < -0.4 is 16.8 Å². The number of nitrogens with two attached hydrogens (primary N) is 2. The van der Waals surface area contributed by atoms with Crippen molar-refractivity contribution >= 4 is 17.3 Å². The van der Waals surface area contributed by atoms with E-state index in [-0.39, 0.29) is 0 Å². The predicted octanol–water partition coefficient (Wildman–Crippen LogP) is 1.15. The van der Waals surface area contributed by atoms with Crippen LogP contribution in [0.2, 0.25) is 0 Å². The van der Waals surface area contributed by atoms with Gasteiger partial charge in [-0.2, -0.15) is 0 Å². The molecule has 2 aromatic heterocycles. The topological polar surface area (TPSA) is 103 Å². The van der Waals surface area contributed by atoms with Crippen LogP contribution in [-0.4, -0.2) is 10.1 Å². The van der Waals surface area contributed by atoms with Crippen molar-refractivity contribution in [3.63, 3.8) is 0 Å². The number of aromatic nitrogens is 2. The predicted molar refractivity (Wildman–Crippen MR) is 61.6 cm³/mol. The van der Waals surface area contributed by atoms with Crippen LogP contribution in [0.25, 0.3) is 0 Å². The number of aryl methyl sites for hydroxylation is 1. The van der Waals surface area contributed by atoms with Gasteiger partial charge in [-0.1, -0.05) is 5.16 Å². The molecule has 0 atom stereocenters. The SMILES string of the molecule is Cc1cc(CNc2ccc(N)c(N)n2)no1. The molecule has 6 heteroatoms. The molecule has 0 unspecified atom stereocenters. The van der Waals surface area contributed by atoms with E-state index in [1.807, 2.05) is 13.0 Å². The second-order valence-electron chi connectivity index (χ2n) is 3.45. The summed E-state index contributed by atoms with van der Waals surface area (Å²) in [5.74, 6) is 1.76. The van der Waals surface area contributed by atoms with Crippen molar-refractivity contribution in [3.05, 3.63) is 29.7 Å². The Kier molecular flexibility index (Phi) is 2.63. The van der Waals surface area contributed by atoms with Crippen molar-refractivity contribution in [2.45, 2.75) is 13.5 Å². The summed E-state index contributed by atoms with van der Waals surface area (Å²) in [5.41, 5.74) is 12.4. The Hall–Kier alpha value is -2.24. The molecule has 0 aliphatic rings. The molecule has 0 fully saturated rings. The largest absolute Gasteiger partial charge is 0.396 e. The Bertz CT molecular complexity index is 494. The Morgan fingerprint density at radius 3 is 2.81 bits per heavy atom. The van der Waals surface area contributed by atoms with Crippen molar-refractivity contribution in [2.24, 2.45) is 0 Å². The summed E-state index contributed by atoms with van der Waals surface area (Å²) in [6.07, 6.45) is 0. The van der Waals surface area contributed by atoms with Gasteiger partial charge in [-0.15, -0.1) is 0 Å². The van der Waals surface area contributed by atoms with E-state index in [0.29, 0.717) is 23.9 Å². The van der Waals surface area contributed by atoms with Gasteiger partial charge in [-0.05, 0) is 19.1 Å². The van der Waals surface area contributed by atoms with Crippen molar-refractivity contribution in [1.82, 2.24) is 10.1 Å². The van der Waals surface area contributed by atoms with Crippen LogP contribution in [0.3, 0.4) is 0 Å². The zero-order valence-corrected chi connectivity index (χ0v) is 8.90. The lowest BCUT2D eigenvalue weighted by Gasteiger charge is -2.05. The molecule has 0 aromatic carbocycles. The summed E-state index contributed by atoms with van der Waals surface area (Å²) < 4.78 is 4.94. The van der Waals surface area contributed by atoms with E-state index in [1.165, 1.54) is 0 Å². The first-order chi connectivity index (χ1) is 7.65. The van der Waals surface area contributed by atoms with Gasteiger partial charge in [0.25, 0.3) is 0 Å². The Balaban J connectivity index is 2.02. The minimum absolute atomic E-state index is 0.321. The fraction of sp³-hybridized carbons (Fsp3) is 0.200. The highest BCUT2D eigenvalue weighted by Gasteiger charge is 2.02. The van der Waals surface area contributed by atoms with Gasteiger partial charge in [0.2, 0.25) is 0 Å². The minimum atomic E-state index is 0.321. The normalized spacial score (nSPS) is 10.3. The number of nitrogens with one attached hydrogen (secondary N) is 1. The molecular formula is C10H13N5O. The number of nitrogens with zero attached hydrogens (tertiary/aromatic N) is 2. The maximum atomic E-state index is 5.58. The molecule has 6 nitrogen and oxygen atoms in total. The highest BCUT2D eigenvalue weighted by atomic mass is 16.5. The molecule has 0 saturated carbocycles. The monoisotopic (exact) mass is 219 g/mol. The van der Waals surface area contributed by atoms with E-state index in [2.05, 4.69) is 15.5 Å². The van der Waals surface area contributed by atoms with E-state index in [9.17, 15) is 0 Å². The fourth-order valence-corrected chi connectivity index (χ4v) is 1.27. The zero-order valence-electron chi connectivity index (χ0n) is 8.90. The molecule has 2 aromatic rings. The zero-order chi connectivity index (χ0) is 11.5. The smallest absolute Gasteiger partial charge is 0.149 e. The van der Waals surface area contributed by atoms with E-state index in [4.69, 9.17) is 16.0 Å². The van der Waals surface area contributed by atoms with Crippen molar-refractivity contribution in [1.29, 1.82) is 0 Å². The first kappa shape index (κ1) is 10.3. The summed E-state index contributed by atoms with van der Waals surface area (Å²) in [6.45, 7) is 2.38. The molecule has 2 heterocycles. The maximum Gasteiger partial charge on any atom is 0.149 e. The van der Waals surface area contributed by atoms with Crippen molar-refractivity contribution in [2.75, 3.05) is 16.8 Å². The fourth-order valence-electron chi connectivity index (χ4n) is 1.27. The molecule has 5 N–H and O–H groups in total. The molecule has 84 valence electrons. The van der Waals surface area contributed by atoms with Crippen LogP contribution in [0.4, 0.5) is 17.3 Å². The molecular weight excluding hydrogens is 206 g/mol. The summed E-state index contributed by atoms with van der Waals surface area (Å²) in [6, 6.07) is 5.32. The molecule has 0 amide bonds. The second-order valence-corrected chi connectivity index (χ2v) is 3.45. The van der Waals surface area contributed by atoms with Gasteiger partial charge < -0.3 is 21.3 Å². The number of anilines is 3. The third-order valence-corrected chi connectivity index (χ3v) is 2.08. The Morgan fingerprint density at radius 2 is 2.19 bits per heavy atom. The third kappa shape index (κ3) is 2.22. The van der Waals surface area contributed by atoms with Gasteiger partial charge >= 0.3 is 0 Å². The quantitative estimate of drug-likeness (QED) is 0.715. The molecule has 0 spiro atoms. The molecule has 0 radical (unpaired) electrons. The van der Waals surface area contributed by atoms with E-state index in [0.717, 1.165) is 11.5 Å². The van der Waals surface area contributed by atoms with Crippen molar-refractivity contribution in [3.8, 4) is 0 Å². The lowest BCUT2D eigenvalue weighted by atomic mass is 10.3. The summed E-state index contributed by atoms with van der Waals surface area (Å²) >= 11 is 0. The van der Waals surface area contributed by atoms with Gasteiger partial charge in [-0.3, -0.25) is 0 Å². The third-order valence-electron chi connectivity index (χ3n) is 2.08. The molecule has 0 saturated heterocycles. The lowest BCUT2D eigenvalue weighted by Crippen LogP contribution is -2.04. The second kappa shape index (κ2) is 4.09. The summed E-state index contributed by atoms with van der Waals surface area (Å²) in [5, 5.41) is 6.92. The van der Waals surface area contributed by atoms with Crippen LogP contribution in [0.1, 0.15) is 11.5 Å². The van der Waals surface area contributed by atoms with Crippen LogP contribution >= 0.6 is 0 Å². The average Bonchev–Trinajstić information content (AvgIpc) is 2.66. The standard InChI is InChI=1S/C10H13N5O/c1-6-4-7(15-16-6)5-13-9-3-2-8(11)10(12)14-9/h2-4H,5,11H2,1H3,(H3,12,13,14). The van der Waals surface area contributed by atoms with E-state index >= 15 is 0 Å². The molecule has 0 aliphatic heterocycles. The first-order valence-electron chi connectivity index (χ1n) is 4.83. The van der Waals surface area contributed by atoms with Crippen LogP contribution in [0, 0.1) is 6.92 Å². The Labute approximate surface area is 92.6 Å². The van der Waals surface area contributed by atoms with Gasteiger partial charge in [-0.25, -0.2) is 4.98 Å². The van der Waals surface area contributed by atoms with E-state index in [1.54, 1.807) is 12.1 Å². The summed E-state index contributed by atoms with van der Waals surface area (Å²) in [7, 11) is 0. The van der Waals surface area contributed by atoms with Gasteiger partial charge in [0, 0.05) is 6.07 Å². The van der Waals surface area contributed by atoms with Crippen molar-refractivity contribution < 1.29 is 4.52 Å². The van der Waals surface area contributed by atoms with Crippen LogP contribution in [0.5, 0.6) is 0 Å². The summed E-state index contributed by atoms with van der Waals surface area (Å²) in [4.78, 5) is 4.08. The molecule has 16 heavy (non-hydrogen) atoms. The highest BCUT2D eigenvalue weighted by Crippen LogP contribution is 2.15. The number of rotatable bonds is 3. The number of hydrogen-bond acceptors (Lipinski definition) is 6. The number of pyridine rings is 1. The van der Waals surface area contributed by atoms with Gasteiger partial charge in [0.1, 0.15) is 23.1 Å². The maximum absolute atomic E-state index is 5.58. The molecule has 0 aliphatic carbocycles. The number of hydrogen-bond donors (Lipinski definition) is 3. The lowest BCUT2D eigenvalue weighted by molar-refractivity contribution is 0.391. The Morgan fingerprint density at radius 1 is 1.38 bits per heavy atom. The number of nitrogen functional groups attached to an aromatic ring is 2. The first-order valence-corrected chi connectivity index (χ1v) is 4.83. The van der Waals surface area contributed by atoms with Gasteiger partial charge in [0.15, 0.2) is 0 Å².